The van der Waals surface area contributed by atoms with Crippen LogP contribution in [0, 0.1) is 0 Å². The van der Waals surface area contributed by atoms with Crippen molar-refractivity contribution in [1.29, 1.82) is 0 Å². The van der Waals surface area contributed by atoms with E-state index in [0.29, 0.717) is 0 Å². The zero-order chi connectivity index (χ0) is 51.2. The van der Waals surface area contributed by atoms with Crippen molar-refractivity contribution in [3.8, 4) is 27.9 Å². The van der Waals surface area contributed by atoms with Crippen molar-refractivity contribution in [3.05, 3.63) is 148 Å². The smallest absolute Gasteiger partial charge is 0.333 e. The Morgan fingerprint density at radius 3 is 1.67 bits per heavy atom. The van der Waals surface area contributed by atoms with Crippen LogP contribution in [0.25, 0.3) is 69.9 Å². The molecule has 0 saturated heterocycles. The molecule has 4 heterocycles. The zero-order valence-corrected chi connectivity index (χ0v) is 47.3. The van der Waals surface area contributed by atoms with Gasteiger partial charge in [-0.2, -0.15) is 0 Å². The fourth-order valence-electron chi connectivity index (χ4n) is 15.1. The van der Waals surface area contributed by atoms with E-state index in [1.807, 2.05) is 11.3 Å². The highest BCUT2D eigenvalue weighted by molar-refractivity contribution is 7.25. The van der Waals surface area contributed by atoms with Gasteiger partial charge in [-0.25, -0.2) is 0 Å². The predicted molar refractivity (Wildman–Crippen MR) is 318 cm³/mol. The lowest BCUT2D eigenvalue weighted by atomic mass is 9.43. The molecule has 0 fully saturated rings. The Bertz CT molecular complexity index is 3960. The molecule has 7 aromatic carbocycles. The quantitative estimate of drug-likeness (QED) is 0.149. The summed E-state index contributed by atoms with van der Waals surface area (Å²) < 4.78 is 5.56. The van der Waals surface area contributed by atoms with Gasteiger partial charge in [-0.3, -0.25) is 0 Å². The second-order valence-electron chi connectivity index (χ2n) is 28.7. The second-order valence-corrected chi connectivity index (χ2v) is 29.8. The summed E-state index contributed by atoms with van der Waals surface area (Å²) in [7, 11) is 0. The first-order chi connectivity index (χ1) is 34.2. The maximum absolute atomic E-state index is 2.81. The molecule has 3 aliphatic carbocycles. The Morgan fingerprint density at radius 2 is 1.04 bits per heavy atom. The molecule has 0 radical (unpaired) electrons. The molecule has 0 amide bonds. The van der Waals surface area contributed by atoms with E-state index < -0.39 is 0 Å². The fourth-order valence-corrected chi connectivity index (χ4v) is 16.3. The van der Waals surface area contributed by atoms with Crippen molar-refractivity contribution < 1.29 is 0 Å². The molecule has 0 bridgehead atoms. The first kappa shape index (κ1) is 46.0. The Hall–Kier alpha value is -5.58. The van der Waals surface area contributed by atoms with Gasteiger partial charge in [0.1, 0.15) is 0 Å². The average Bonchev–Trinajstić information content (AvgIpc) is 3.94. The number of benzene rings is 7. The molecule has 4 heteroatoms. The zero-order valence-electron chi connectivity index (χ0n) is 46.5. The van der Waals surface area contributed by atoms with Crippen molar-refractivity contribution in [3.63, 3.8) is 0 Å². The van der Waals surface area contributed by atoms with E-state index in [-0.39, 0.29) is 44.8 Å². The minimum Gasteiger partial charge on any atom is -0.376 e. The molecular weight excluding hydrogens is 900 g/mol. The predicted octanol–water partition coefficient (Wildman–Crippen LogP) is 18.0. The maximum atomic E-state index is 2.81. The molecule has 14 rings (SSSR count). The van der Waals surface area contributed by atoms with Crippen molar-refractivity contribution in [2.45, 2.75) is 174 Å². The Kier molecular flexibility index (Phi) is 8.83. The summed E-state index contributed by atoms with van der Waals surface area (Å²) in [5.41, 5.74) is 27.0. The van der Waals surface area contributed by atoms with Crippen LogP contribution in [0.5, 0.6) is 0 Å². The lowest BCUT2D eigenvalue weighted by molar-refractivity contribution is 0.332. The molecule has 0 saturated carbocycles. The van der Waals surface area contributed by atoms with E-state index in [4.69, 9.17) is 0 Å². The molecule has 0 unspecified atom stereocenters. The van der Waals surface area contributed by atoms with Gasteiger partial charge < -0.3 is 9.38 Å². The molecule has 0 N–H and O–H groups in total. The number of nitrogens with zero attached hydrogens (tertiary/aromatic N) is 2. The van der Waals surface area contributed by atoms with Gasteiger partial charge >= 0.3 is 6.85 Å². The highest BCUT2D eigenvalue weighted by atomic mass is 32.1. The van der Waals surface area contributed by atoms with E-state index in [1.54, 1.807) is 0 Å². The summed E-state index contributed by atoms with van der Waals surface area (Å²) in [5, 5.41) is 5.62. The molecule has 9 aromatic rings. The molecular formula is C69H73BN2S. The van der Waals surface area contributed by atoms with Crippen molar-refractivity contribution >= 4 is 82.5 Å². The summed E-state index contributed by atoms with van der Waals surface area (Å²) in [5.74, 6) is 0. The summed E-state index contributed by atoms with van der Waals surface area (Å²) >= 11 is 2.01. The average molecular weight is 973 g/mol. The monoisotopic (exact) mass is 973 g/mol. The maximum Gasteiger partial charge on any atom is 0.333 e. The van der Waals surface area contributed by atoms with E-state index in [2.05, 4.69) is 223 Å². The third-order valence-electron chi connectivity index (χ3n) is 19.8. The van der Waals surface area contributed by atoms with Crippen LogP contribution < -0.4 is 15.7 Å². The van der Waals surface area contributed by atoms with Crippen molar-refractivity contribution in [2.24, 2.45) is 0 Å². The third kappa shape index (κ3) is 6.00. The van der Waals surface area contributed by atoms with Gasteiger partial charge in [-0.1, -0.05) is 159 Å². The number of aromatic nitrogens is 1. The van der Waals surface area contributed by atoms with Crippen LogP contribution in [0.2, 0.25) is 0 Å². The molecule has 2 aromatic heterocycles. The van der Waals surface area contributed by atoms with Gasteiger partial charge in [0.05, 0.1) is 11.0 Å². The van der Waals surface area contributed by atoms with Crippen LogP contribution >= 0.6 is 11.3 Å². The third-order valence-corrected chi connectivity index (χ3v) is 20.9. The molecule has 2 nitrogen and oxygen atoms in total. The largest absolute Gasteiger partial charge is 0.376 e. The molecule has 368 valence electrons. The molecule has 5 aliphatic rings. The summed E-state index contributed by atoms with van der Waals surface area (Å²) in [6.07, 6.45) is 4.78. The van der Waals surface area contributed by atoms with Gasteiger partial charge in [0.25, 0.3) is 0 Å². The summed E-state index contributed by atoms with van der Waals surface area (Å²) in [4.78, 5) is 2.81. The van der Waals surface area contributed by atoms with Crippen LogP contribution in [0.3, 0.4) is 0 Å². The van der Waals surface area contributed by atoms with Gasteiger partial charge in [-0.15, -0.1) is 11.3 Å². The molecule has 2 aliphatic heterocycles. The summed E-state index contributed by atoms with van der Waals surface area (Å²) in [6, 6.07) is 42.7. The minimum absolute atomic E-state index is 0.0315. The SMILES string of the molecule is CC(C)(C)c1ccc(N2B3c4cc(C(C)(C)C)ccc4-n4c5cc6c(cc5c5c7c(c(c3c54)-c3cc4sc5cc8c(cc5c4cc32)C(C)(C)CCC8(C)C)C(C)(C)c2ccccc2-7)C(C)(C)CCC6(C)C)cc1. The highest BCUT2D eigenvalue weighted by Crippen LogP contribution is 2.61. The lowest BCUT2D eigenvalue weighted by Crippen LogP contribution is -2.61. The van der Waals surface area contributed by atoms with E-state index in [1.165, 1.54) is 162 Å². The van der Waals surface area contributed by atoms with Crippen LogP contribution in [0.1, 0.15) is 181 Å². The van der Waals surface area contributed by atoms with Gasteiger partial charge in [-0.05, 0) is 185 Å². The minimum atomic E-state index is -0.257. The number of hydrogen-bond acceptors (Lipinski definition) is 2. The highest BCUT2D eigenvalue weighted by Gasteiger charge is 2.51. The number of rotatable bonds is 1. The standard InChI is InChI=1S/C69H73BN2S/c1-63(2,3)38-21-24-40(25-22-38)72-54-34-43-42-32-47-50(68(13,14)30-28-65(47,7)8)37-56(42)73-55(43)35-45(54)59-60-57(41-19-17-18-20-46(41)69(60,15)16)58-44-33-48-49(67(11,12)29-27-66(48,9)10)36-53(44)71-52-26-23-39(64(4,5)6)31-51(52)70(72)61(59)62(58)71/h17-26,31-37H,27-30H2,1-16H3. The van der Waals surface area contributed by atoms with Crippen LogP contribution in [-0.4, -0.2) is 11.4 Å². The lowest BCUT2D eigenvalue weighted by Gasteiger charge is -2.44. The molecule has 0 atom stereocenters. The number of fused-ring (bicyclic) bond motifs is 18. The Morgan fingerprint density at radius 1 is 0.493 bits per heavy atom. The van der Waals surface area contributed by atoms with Gasteiger partial charge in [0.15, 0.2) is 0 Å². The van der Waals surface area contributed by atoms with E-state index in [9.17, 15) is 0 Å². The Balaban J connectivity index is 1.21. The first-order valence-corrected chi connectivity index (χ1v) is 28.4. The first-order valence-electron chi connectivity index (χ1n) is 27.6. The number of anilines is 2. The van der Waals surface area contributed by atoms with Crippen LogP contribution in [0.4, 0.5) is 11.4 Å². The van der Waals surface area contributed by atoms with Gasteiger partial charge in [0, 0.05) is 59.0 Å². The second kappa shape index (κ2) is 14.0. The number of hydrogen-bond donors (Lipinski definition) is 0. The molecule has 0 spiro atoms. The van der Waals surface area contributed by atoms with E-state index in [0.717, 1.165) is 0 Å². The van der Waals surface area contributed by atoms with Crippen molar-refractivity contribution in [1.82, 2.24) is 4.57 Å². The summed E-state index contributed by atoms with van der Waals surface area (Å²) in [6.45, 7) is 39.1. The van der Waals surface area contributed by atoms with Crippen LogP contribution in [0.15, 0.2) is 103 Å². The topological polar surface area (TPSA) is 8.17 Å². The number of thiophene rings is 1. The van der Waals surface area contributed by atoms with E-state index >= 15 is 0 Å². The van der Waals surface area contributed by atoms with Crippen LogP contribution in [-0.2, 0) is 37.9 Å². The van der Waals surface area contributed by atoms with Gasteiger partial charge in [0.2, 0.25) is 0 Å². The normalized spacial score (nSPS) is 19.2. The van der Waals surface area contributed by atoms with Crippen molar-refractivity contribution in [2.75, 3.05) is 4.81 Å². The Labute approximate surface area is 439 Å². The fraction of sp³-hybridized carbons (Fsp3) is 0.391. The molecule has 73 heavy (non-hydrogen) atoms.